The Morgan fingerprint density at radius 3 is 2.35 bits per heavy atom. The third-order valence-corrected chi connectivity index (χ3v) is 4.97. The molecule has 0 heterocycles. The topological polar surface area (TPSA) is 123 Å². The van der Waals surface area contributed by atoms with E-state index in [4.69, 9.17) is 0 Å². The molecule has 0 aromatic heterocycles. The molecule has 31 heavy (non-hydrogen) atoms. The number of amides is 1. The van der Waals surface area contributed by atoms with Gasteiger partial charge in [-0.25, -0.2) is 0 Å². The molecule has 0 fully saturated rings. The smallest absolute Gasteiger partial charge is 0.257 e. The highest BCUT2D eigenvalue weighted by atomic mass is 16.3. The van der Waals surface area contributed by atoms with Crippen LogP contribution in [-0.4, -0.2) is 30.0 Å². The van der Waals surface area contributed by atoms with E-state index in [-0.39, 0.29) is 34.2 Å². The number of anilines is 3. The Morgan fingerprint density at radius 2 is 1.77 bits per heavy atom. The first-order chi connectivity index (χ1) is 14.8. The van der Waals surface area contributed by atoms with E-state index in [2.05, 4.69) is 10.6 Å². The van der Waals surface area contributed by atoms with Crippen LogP contribution in [0.3, 0.4) is 0 Å². The molecule has 0 aliphatic rings. The number of benzene rings is 2. The Morgan fingerprint density at radius 1 is 1.13 bits per heavy atom. The normalized spacial score (nSPS) is 11.5. The highest BCUT2D eigenvalue weighted by Gasteiger charge is 2.26. The minimum absolute atomic E-state index is 0.00726. The van der Waals surface area contributed by atoms with E-state index in [1.54, 1.807) is 0 Å². The van der Waals surface area contributed by atoms with Gasteiger partial charge in [0.15, 0.2) is 5.75 Å². The van der Waals surface area contributed by atoms with Crippen molar-refractivity contribution < 1.29 is 9.90 Å². The van der Waals surface area contributed by atoms with Crippen LogP contribution < -0.4 is 21.5 Å². The van der Waals surface area contributed by atoms with Crippen LogP contribution in [0.1, 0.15) is 40.9 Å². The second kappa shape index (κ2) is 8.71. The van der Waals surface area contributed by atoms with Gasteiger partial charge in [-0.1, -0.05) is 37.3 Å². The molecule has 8 heteroatoms. The molecule has 158 valence electrons. The number of phenols is 1. The molecule has 3 rings (SSSR count). The number of aromatic hydroxyl groups is 1. The lowest BCUT2D eigenvalue weighted by molar-refractivity contribution is 0.0824. The van der Waals surface area contributed by atoms with Gasteiger partial charge in [-0.15, -0.1) is 0 Å². The Bertz CT molecular complexity index is 1240. The predicted molar refractivity (Wildman–Crippen MR) is 119 cm³/mol. The van der Waals surface area contributed by atoms with E-state index in [0.717, 1.165) is 5.56 Å². The Labute approximate surface area is 179 Å². The van der Waals surface area contributed by atoms with Gasteiger partial charge in [0.05, 0.1) is 28.9 Å². The van der Waals surface area contributed by atoms with Crippen LogP contribution in [0.5, 0.6) is 5.75 Å². The summed E-state index contributed by atoms with van der Waals surface area (Å²) < 4.78 is 0. The van der Waals surface area contributed by atoms with Crippen LogP contribution in [0.25, 0.3) is 0 Å². The minimum Gasteiger partial charge on any atom is -0.505 e. The highest BCUT2D eigenvalue weighted by Crippen LogP contribution is 2.34. The van der Waals surface area contributed by atoms with E-state index >= 15 is 0 Å². The standard InChI is InChI=1S/C23H22N4O4/c1-4-16(14-8-6-5-7-9-14)25-18-19(22(30)21(18)29)26-17-11-13(12-24)10-15(20(17)28)23(31)27(2)3/h5-11,16,25-26,28H,4H2,1-3H3/t16-/m1/s1. The molecule has 3 aromatic rings. The first-order valence-electron chi connectivity index (χ1n) is 9.69. The molecule has 1 atom stereocenters. The number of hydrogen-bond donors (Lipinski definition) is 3. The molecular formula is C23H22N4O4. The summed E-state index contributed by atoms with van der Waals surface area (Å²) in [4.78, 5) is 38.1. The number of rotatable bonds is 7. The van der Waals surface area contributed by atoms with Gasteiger partial charge in [-0.2, -0.15) is 5.26 Å². The van der Waals surface area contributed by atoms with Gasteiger partial charge in [0.25, 0.3) is 16.8 Å². The first-order valence-corrected chi connectivity index (χ1v) is 9.69. The van der Waals surface area contributed by atoms with Crippen molar-refractivity contribution in [3.05, 3.63) is 79.6 Å². The van der Waals surface area contributed by atoms with Gasteiger partial charge >= 0.3 is 0 Å². The number of nitrogens with one attached hydrogen (secondary N) is 2. The number of nitriles is 1. The zero-order valence-corrected chi connectivity index (χ0v) is 17.4. The Balaban J connectivity index is 1.98. The molecule has 0 saturated carbocycles. The maximum Gasteiger partial charge on any atom is 0.257 e. The molecule has 0 spiro atoms. The number of carbonyl (C=O) groups excluding carboxylic acids is 1. The van der Waals surface area contributed by atoms with Crippen molar-refractivity contribution in [3.8, 4) is 11.8 Å². The second-order valence-corrected chi connectivity index (χ2v) is 7.28. The summed E-state index contributed by atoms with van der Waals surface area (Å²) in [6, 6.07) is 13.8. The summed E-state index contributed by atoms with van der Waals surface area (Å²) in [6.07, 6.45) is 0.666. The third kappa shape index (κ3) is 4.12. The Hall–Kier alpha value is -4.12. The van der Waals surface area contributed by atoms with Crippen LogP contribution >= 0.6 is 0 Å². The SMILES string of the molecule is CC[C@@H](Nc1c(Nc2cc(C#N)cc(C(=O)N(C)C)c2O)c(=O)c1=O)c1ccccc1. The van der Waals surface area contributed by atoms with Crippen molar-refractivity contribution in [2.24, 2.45) is 0 Å². The van der Waals surface area contributed by atoms with Gasteiger partial charge in [0.1, 0.15) is 11.4 Å². The maximum atomic E-state index is 12.4. The fraction of sp³-hybridized carbons (Fsp3) is 0.217. The molecule has 3 N–H and O–H groups in total. The zero-order chi connectivity index (χ0) is 22.7. The van der Waals surface area contributed by atoms with Crippen LogP contribution in [0, 0.1) is 11.3 Å². The summed E-state index contributed by atoms with van der Waals surface area (Å²) in [6.45, 7) is 1.95. The van der Waals surface area contributed by atoms with E-state index < -0.39 is 22.5 Å². The average molecular weight is 418 g/mol. The van der Waals surface area contributed by atoms with Crippen molar-refractivity contribution in [1.29, 1.82) is 5.26 Å². The lowest BCUT2D eigenvalue weighted by Crippen LogP contribution is -2.37. The summed E-state index contributed by atoms with van der Waals surface area (Å²) in [5.74, 6) is -0.914. The summed E-state index contributed by atoms with van der Waals surface area (Å²) in [5.41, 5.74) is -0.352. The fourth-order valence-corrected chi connectivity index (χ4v) is 3.26. The summed E-state index contributed by atoms with van der Waals surface area (Å²) >= 11 is 0. The molecule has 1 amide bonds. The monoisotopic (exact) mass is 418 g/mol. The van der Waals surface area contributed by atoms with Crippen molar-refractivity contribution in [2.45, 2.75) is 19.4 Å². The molecule has 0 bridgehead atoms. The van der Waals surface area contributed by atoms with Crippen molar-refractivity contribution in [1.82, 2.24) is 4.90 Å². The minimum atomic E-state index is -0.743. The van der Waals surface area contributed by atoms with E-state index in [1.165, 1.54) is 31.1 Å². The lowest BCUT2D eigenvalue weighted by Gasteiger charge is -2.22. The predicted octanol–water partition coefficient (Wildman–Crippen LogP) is 2.87. The molecule has 0 radical (unpaired) electrons. The van der Waals surface area contributed by atoms with Gasteiger partial charge in [0.2, 0.25) is 0 Å². The molecular weight excluding hydrogens is 396 g/mol. The molecule has 0 saturated heterocycles. The molecule has 3 aromatic carbocycles. The van der Waals surface area contributed by atoms with Gasteiger partial charge in [0, 0.05) is 14.1 Å². The number of nitrogens with zero attached hydrogens (tertiary/aromatic N) is 2. The van der Waals surface area contributed by atoms with E-state index in [0.29, 0.717) is 6.42 Å². The van der Waals surface area contributed by atoms with Gasteiger partial charge < -0.3 is 20.6 Å². The van der Waals surface area contributed by atoms with Gasteiger partial charge in [-0.05, 0) is 24.1 Å². The summed E-state index contributed by atoms with van der Waals surface area (Å²) in [7, 11) is 3.03. The second-order valence-electron chi connectivity index (χ2n) is 7.28. The van der Waals surface area contributed by atoms with Gasteiger partial charge in [-0.3, -0.25) is 14.4 Å². The van der Waals surface area contributed by atoms with Crippen LogP contribution in [0.4, 0.5) is 17.1 Å². The molecule has 0 aliphatic carbocycles. The highest BCUT2D eigenvalue weighted by molar-refractivity contribution is 5.99. The average Bonchev–Trinajstić information content (AvgIpc) is 2.79. The number of phenolic OH excluding ortho intramolecular Hbond substituents is 1. The summed E-state index contributed by atoms with van der Waals surface area (Å²) in [5, 5.41) is 25.7. The van der Waals surface area contributed by atoms with E-state index in [1.807, 2.05) is 43.3 Å². The zero-order valence-electron chi connectivity index (χ0n) is 17.4. The fourth-order valence-electron chi connectivity index (χ4n) is 3.26. The van der Waals surface area contributed by atoms with Crippen molar-refractivity contribution >= 4 is 23.0 Å². The van der Waals surface area contributed by atoms with E-state index in [9.17, 15) is 24.8 Å². The largest absolute Gasteiger partial charge is 0.505 e. The lowest BCUT2D eigenvalue weighted by atomic mass is 10.0. The third-order valence-electron chi connectivity index (χ3n) is 4.97. The quantitative estimate of drug-likeness (QED) is 0.398. The first kappa shape index (κ1) is 21.6. The molecule has 8 nitrogen and oxygen atoms in total. The van der Waals surface area contributed by atoms with Crippen LogP contribution in [-0.2, 0) is 0 Å². The Kier molecular flexibility index (Phi) is 6.07. The maximum absolute atomic E-state index is 12.4. The molecule has 0 unspecified atom stereocenters. The van der Waals surface area contributed by atoms with Crippen LogP contribution in [0.2, 0.25) is 0 Å². The number of hydrogen-bond acceptors (Lipinski definition) is 7. The van der Waals surface area contributed by atoms with Crippen molar-refractivity contribution in [2.75, 3.05) is 24.7 Å². The number of carbonyl (C=O) groups is 1. The van der Waals surface area contributed by atoms with Crippen molar-refractivity contribution in [3.63, 3.8) is 0 Å². The van der Waals surface area contributed by atoms with Crippen LogP contribution in [0.15, 0.2) is 52.1 Å². The molecule has 0 aliphatic heterocycles.